The number of rotatable bonds is 4. The molecule has 172 valence electrons. The van der Waals surface area contributed by atoms with Crippen molar-refractivity contribution >= 4 is 29.2 Å². The number of aromatic nitrogens is 3. The van der Waals surface area contributed by atoms with Crippen molar-refractivity contribution in [3.8, 4) is 0 Å². The van der Waals surface area contributed by atoms with E-state index in [0.717, 1.165) is 17.7 Å². The molecule has 0 radical (unpaired) electrons. The number of urea groups is 1. The van der Waals surface area contributed by atoms with Crippen molar-refractivity contribution in [1.82, 2.24) is 20.1 Å². The third-order valence-electron chi connectivity index (χ3n) is 5.15. The highest BCUT2D eigenvalue weighted by Gasteiger charge is 2.30. The Morgan fingerprint density at radius 3 is 2.42 bits per heavy atom. The van der Waals surface area contributed by atoms with E-state index in [2.05, 4.69) is 25.8 Å². The highest BCUT2D eigenvalue weighted by atomic mass is 19.4. The van der Waals surface area contributed by atoms with Gasteiger partial charge >= 0.3 is 12.2 Å². The number of carbonyl (C=O) groups excluding carboxylic acids is 1. The minimum absolute atomic E-state index is 0.106. The average molecular weight is 457 g/mol. The first-order valence-corrected chi connectivity index (χ1v) is 10.3. The fourth-order valence-corrected chi connectivity index (χ4v) is 3.41. The van der Waals surface area contributed by atoms with E-state index < -0.39 is 17.8 Å². The van der Waals surface area contributed by atoms with E-state index in [-0.39, 0.29) is 5.69 Å². The molecule has 1 fully saturated rings. The second-order valence-corrected chi connectivity index (χ2v) is 7.60. The largest absolute Gasteiger partial charge is 0.416 e. The summed E-state index contributed by atoms with van der Waals surface area (Å²) in [6.07, 6.45) is -2.75. The maximum atomic E-state index is 12.9. The highest BCUT2D eigenvalue weighted by Crippen LogP contribution is 2.30. The smallest absolute Gasteiger partial charge is 0.352 e. The molecule has 11 heteroatoms. The summed E-state index contributed by atoms with van der Waals surface area (Å²) in [7, 11) is 0. The zero-order valence-electron chi connectivity index (χ0n) is 17.8. The minimum Gasteiger partial charge on any atom is -0.352 e. The SMILES string of the molecule is Cc1ccnc(Nc2ccc(N3CCN(C(=O)Nc4cccc(C(F)(F)F)c4)CC3)nn2)c1. The molecule has 1 saturated heterocycles. The third kappa shape index (κ3) is 5.68. The summed E-state index contributed by atoms with van der Waals surface area (Å²) in [6, 6.07) is 11.6. The zero-order chi connectivity index (χ0) is 23.4. The number of nitrogens with one attached hydrogen (secondary N) is 2. The predicted octanol–water partition coefficient (Wildman–Crippen LogP) is 4.30. The van der Waals surface area contributed by atoms with Crippen LogP contribution in [0.15, 0.2) is 54.7 Å². The Balaban J connectivity index is 1.31. The lowest BCUT2D eigenvalue weighted by molar-refractivity contribution is -0.137. The van der Waals surface area contributed by atoms with Crippen LogP contribution in [0.1, 0.15) is 11.1 Å². The van der Waals surface area contributed by atoms with Gasteiger partial charge in [0.1, 0.15) is 5.82 Å². The quantitative estimate of drug-likeness (QED) is 0.608. The van der Waals surface area contributed by atoms with Crippen molar-refractivity contribution in [3.05, 3.63) is 65.9 Å². The number of halogens is 3. The molecule has 2 aromatic heterocycles. The maximum absolute atomic E-state index is 12.9. The highest BCUT2D eigenvalue weighted by molar-refractivity contribution is 5.89. The molecule has 1 aromatic carbocycles. The summed E-state index contributed by atoms with van der Waals surface area (Å²) in [5.41, 5.74) is 0.376. The molecule has 0 spiro atoms. The molecule has 1 aliphatic heterocycles. The molecule has 0 aliphatic carbocycles. The molecule has 2 amide bonds. The minimum atomic E-state index is -4.46. The Kier molecular flexibility index (Phi) is 6.29. The fourth-order valence-electron chi connectivity index (χ4n) is 3.41. The van der Waals surface area contributed by atoms with Crippen molar-refractivity contribution in [1.29, 1.82) is 0 Å². The molecule has 4 rings (SSSR count). The second kappa shape index (κ2) is 9.31. The Morgan fingerprint density at radius 2 is 1.76 bits per heavy atom. The number of aryl methyl sites for hydroxylation is 1. The average Bonchev–Trinajstić information content (AvgIpc) is 2.79. The van der Waals surface area contributed by atoms with Crippen molar-refractivity contribution in [2.24, 2.45) is 0 Å². The summed E-state index contributed by atoms with van der Waals surface area (Å²) >= 11 is 0. The summed E-state index contributed by atoms with van der Waals surface area (Å²) in [4.78, 5) is 20.3. The van der Waals surface area contributed by atoms with Crippen LogP contribution in [0.2, 0.25) is 0 Å². The van der Waals surface area contributed by atoms with Gasteiger partial charge in [-0.2, -0.15) is 13.2 Å². The number of hydrogen-bond donors (Lipinski definition) is 2. The van der Waals surface area contributed by atoms with E-state index in [1.807, 2.05) is 30.0 Å². The fraction of sp³-hybridized carbons (Fsp3) is 0.273. The van der Waals surface area contributed by atoms with E-state index in [0.29, 0.717) is 43.6 Å². The van der Waals surface area contributed by atoms with Gasteiger partial charge in [-0.05, 0) is 55.0 Å². The van der Waals surface area contributed by atoms with Crippen LogP contribution in [0.3, 0.4) is 0 Å². The first-order valence-electron chi connectivity index (χ1n) is 10.3. The molecular formula is C22H22F3N7O. The number of alkyl halides is 3. The van der Waals surface area contributed by atoms with Crippen molar-refractivity contribution in [3.63, 3.8) is 0 Å². The van der Waals surface area contributed by atoms with E-state index in [9.17, 15) is 18.0 Å². The van der Waals surface area contributed by atoms with E-state index in [4.69, 9.17) is 0 Å². The second-order valence-electron chi connectivity index (χ2n) is 7.60. The van der Waals surface area contributed by atoms with Gasteiger partial charge in [0.25, 0.3) is 0 Å². The molecule has 0 saturated carbocycles. The van der Waals surface area contributed by atoms with Gasteiger partial charge in [-0.3, -0.25) is 0 Å². The predicted molar refractivity (Wildman–Crippen MR) is 119 cm³/mol. The molecule has 1 aliphatic rings. The molecule has 0 atom stereocenters. The van der Waals surface area contributed by atoms with E-state index >= 15 is 0 Å². The Bertz CT molecular complexity index is 1110. The molecular weight excluding hydrogens is 435 g/mol. The summed E-state index contributed by atoms with van der Waals surface area (Å²) in [5.74, 6) is 1.92. The van der Waals surface area contributed by atoms with Gasteiger partial charge in [0, 0.05) is 38.1 Å². The van der Waals surface area contributed by atoms with Gasteiger partial charge in [-0.25, -0.2) is 9.78 Å². The monoisotopic (exact) mass is 457 g/mol. The number of anilines is 4. The first-order chi connectivity index (χ1) is 15.8. The third-order valence-corrected chi connectivity index (χ3v) is 5.15. The van der Waals surface area contributed by atoms with Crippen LogP contribution in [0, 0.1) is 6.92 Å². The Hall–Kier alpha value is -3.89. The first kappa shape index (κ1) is 22.3. The van der Waals surface area contributed by atoms with E-state index in [1.54, 1.807) is 17.2 Å². The van der Waals surface area contributed by atoms with Crippen LogP contribution in [0.5, 0.6) is 0 Å². The molecule has 3 aromatic rings. The number of piperazine rings is 1. The zero-order valence-corrected chi connectivity index (χ0v) is 17.8. The van der Waals surface area contributed by atoms with Gasteiger partial charge in [-0.15, -0.1) is 10.2 Å². The Morgan fingerprint density at radius 1 is 0.970 bits per heavy atom. The molecule has 0 bridgehead atoms. The standard InChI is InChI=1S/C22H22F3N7O/c1-15-7-8-26-19(13-15)28-18-5-6-20(30-29-18)31-9-11-32(12-10-31)21(33)27-17-4-2-3-16(14-17)22(23,24)25/h2-8,13-14H,9-12H2,1H3,(H,27,33)(H,26,28,29). The van der Waals surface area contributed by atoms with Crippen LogP contribution >= 0.6 is 0 Å². The molecule has 8 nitrogen and oxygen atoms in total. The van der Waals surface area contributed by atoms with Crippen LogP contribution in [-0.4, -0.2) is 52.3 Å². The Labute approximate surface area is 188 Å². The molecule has 2 N–H and O–H groups in total. The van der Waals surface area contributed by atoms with Crippen LogP contribution < -0.4 is 15.5 Å². The molecule has 3 heterocycles. The van der Waals surface area contributed by atoms with Crippen molar-refractivity contribution in [2.75, 3.05) is 41.7 Å². The number of benzene rings is 1. The van der Waals surface area contributed by atoms with Gasteiger partial charge < -0.3 is 20.4 Å². The van der Waals surface area contributed by atoms with Gasteiger partial charge in [0.2, 0.25) is 0 Å². The number of pyridine rings is 1. The van der Waals surface area contributed by atoms with Gasteiger partial charge in [-0.1, -0.05) is 6.07 Å². The number of carbonyl (C=O) groups is 1. The van der Waals surface area contributed by atoms with Crippen molar-refractivity contribution in [2.45, 2.75) is 13.1 Å². The summed E-state index contributed by atoms with van der Waals surface area (Å²) in [6.45, 7) is 3.83. The van der Waals surface area contributed by atoms with Crippen molar-refractivity contribution < 1.29 is 18.0 Å². The number of amides is 2. The van der Waals surface area contributed by atoms with Crippen LogP contribution in [-0.2, 0) is 6.18 Å². The van der Waals surface area contributed by atoms with Gasteiger partial charge in [0.15, 0.2) is 11.6 Å². The lowest BCUT2D eigenvalue weighted by Gasteiger charge is -2.35. The topological polar surface area (TPSA) is 86.3 Å². The normalized spacial score (nSPS) is 14.2. The van der Waals surface area contributed by atoms with Gasteiger partial charge in [0.05, 0.1) is 5.56 Å². The lowest BCUT2D eigenvalue weighted by Crippen LogP contribution is -2.50. The maximum Gasteiger partial charge on any atom is 0.416 e. The van der Waals surface area contributed by atoms with Crippen LogP contribution in [0.25, 0.3) is 0 Å². The summed E-state index contributed by atoms with van der Waals surface area (Å²) < 4.78 is 38.6. The summed E-state index contributed by atoms with van der Waals surface area (Å²) in [5, 5.41) is 14.1. The molecule has 0 unspecified atom stereocenters. The lowest BCUT2D eigenvalue weighted by atomic mass is 10.2. The number of hydrogen-bond acceptors (Lipinski definition) is 6. The number of nitrogens with zero attached hydrogens (tertiary/aromatic N) is 5. The molecule has 33 heavy (non-hydrogen) atoms. The van der Waals surface area contributed by atoms with Crippen LogP contribution in [0.4, 0.5) is 41.1 Å². The van der Waals surface area contributed by atoms with E-state index in [1.165, 1.54) is 12.1 Å².